The molecule has 0 saturated carbocycles. The van der Waals surface area contributed by atoms with Crippen LogP contribution in [0.1, 0.15) is 34.1 Å². The molecular formula is C13H26ClN3O2. The van der Waals surface area contributed by atoms with E-state index in [1.54, 1.807) is 4.90 Å². The molecule has 112 valence electrons. The molecule has 19 heavy (non-hydrogen) atoms. The van der Waals surface area contributed by atoms with Crippen LogP contribution in [-0.4, -0.2) is 53.8 Å². The second-order valence-electron chi connectivity index (χ2n) is 6.10. The minimum atomic E-state index is -0.349. The van der Waals surface area contributed by atoms with Crippen molar-refractivity contribution >= 4 is 24.2 Å². The van der Waals surface area contributed by atoms with Crippen molar-refractivity contribution in [1.29, 1.82) is 0 Å². The van der Waals surface area contributed by atoms with Gasteiger partial charge in [0.25, 0.3) is 0 Å². The molecule has 0 bridgehead atoms. The maximum atomic E-state index is 12.1. The molecule has 6 heteroatoms. The van der Waals surface area contributed by atoms with Crippen molar-refractivity contribution in [1.82, 2.24) is 9.80 Å². The first-order chi connectivity index (χ1) is 8.21. The minimum Gasteiger partial charge on any atom is -0.339 e. The van der Waals surface area contributed by atoms with Gasteiger partial charge in [-0.3, -0.25) is 9.59 Å². The van der Waals surface area contributed by atoms with Gasteiger partial charge in [-0.2, -0.15) is 0 Å². The largest absolute Gasteiger partial charge is 0.339 e. The maximum Gasteiger partial charge on any atom is 0.228 e. The molecule has 5 nitrogen and oxygen atoms in total. The van der Waals surface area contributed by atoms with Crippen molar-refractivity contribution in [3.8, 4) is 0 Å². The highest BCUT2D eigenvalue weighted by molar-refractivity contribution is 5.85. The molecule has 1 aliphatic rings. The van der Waals surface area contributed by atoms with Crippen LogP contribution in [0.5, 0.6) is 0 Å². The number of halogens is 1. The van der Waals surface area contributed by atoms with Crippen LogP contribution >= 0.6 is 12.4 Å². The van der Waals surface area contributed by atoms with Gasteiger partial charge in [-0.25, -0.2) is 0 Å². The van der Waals surface area contributed by atoms with Gasteiger partial charge in [0.2, 0.25) is 11.8 Å². The van der Waals surface area contributed by atoms with Crippen LogP contribution in [0.15, 0.2) is 0 Å². The zero-order valence-electron chi connectivity index (χ0n) is 12.3. The Hall–Kier alpha value is -0.810. The van der Waals surface area contributed by atoms with E-state index in [1.165, 1.54) is 0 Å². The summed E-state index contributed by atoms with van der Waals surface area (Å²) in [7, 11) is 0. The molecule has 1 saturated heterocycles. The summed E-state index contributed by atoms with van der Waals surface area (Å²) >= 11 is 0. The maximum absolute atomic E-state index is 12.1. The van der Waals surface area contributed by atoms with Gasteiger partial charge in [0.15, 0.2) is 0 Å². The summed E-state index contributed by atoms with van der Waals surface area (Å²) in [6.45, 7) is 10.1. The predicted octanol–water partition coefficient (Wildman–Crippen LogP) is 0.862. The van der Waals surface area contributed by atoms with Crippen molar-refractivity contribution in [3.63, 3.8) is 0 Å². The van der Waals surface area contributed by atoms with Gasteiger partial charge in [0, 0.05) is 44.1 Å². The highest BCUT2D eigenvalue weighted by Gasteiger charge is 2.30. The van der Waals surface area contributed by atoms with Gasteiger partial charge in [0.1, 0.15) is 0 Å². The summed E-state index contributed by atoms with van der Waals surface area (Å²) < 4.78 is 0. The first-order valence-corrected chi connectivity index (χ1v) is 6.54. The Balaban J connectivity index is 0.00000324. The van der Waals surface area contributed by atoms with E-state index < -0.39 is 0 Å². The van der Waals surface area contributed by atoms with E-state index in [1.807, 2.05) is 32.6 Å². The van der Waals surface area contributed by atoms with Gasteiger partial charge >= 0.3 is 0 Å². The number of carbonyl (C=O) groups is 2. The molecule has 1 fully saturated rings. The number of piperazine rings is 1. The van der Waals surface area contributed by atoms with E-state index in [0.717, 1.165) is 0 Å². The molecule has 0 aromatic carbocycles. The lowest BCUT2D eigenvalue weighted by atomic mass is 9.94. The molecule has 1 heterocycles. The van der Waals surface area contributed by atoms with Crippen LogP contribution in [0.4, 0.5) is 0 Å². The third-order valence-corrected chi connectivity index (χ3v) is 3.06. The molecule has 2 amide bonds. The highest BCUT2D eigenvalue weighted by atomic mass is 35.5. The van der Waals surface area contributed by atoms with E-state index in [2.05, 4.69) is 0 Å². The molecule has 0 spiro atoms. The fourth-order valence-electron chi connectivity index (χ4n) is 2.04. The van der Waals surface area contributed by atoms with Gasteiger partial charge in [-0.15, -0.1) is 12.4 Å². The monoisotopic (exact) mass is 291 g/mol. The number of amides is 2. The van der Waals surface area contributed by atoms with Crippen molar-refractivity contribution < 1.29 is 9.59 Å². The summed E-state index contributed by atoms with van der Waals surface area (Å²) in [6.07, 6.45) is 0.382. The fourth-order valence-corrected chi connectivity index (χ4v) is 2.04. The summed E-state index contributed by atoms with van der Waals surface area (Å²) in [5, 5.41) is 0. The summed E-state index contributed by atoms with van der Waals surface area (Å²) in [5.41, 5.74) is 5.27. The van der Waals surface area contributed by atoms with Gasteiger partial charge in [-0.1, -0.05) is 20.8 Å². The molecule has 0 aromatic heterocycles. The van der Waals surface area contributed by atoms with Crippen LogP contribution in [-0.2, 0) is 9.59 Å². The van der Waals surface area contributed by atoms with Gasteiger partial charge in [-0.05, 0) is 6.92 Å². The average molecular weight is 292 g/mol. The Labute approximate surface area is 121 Å². The number of carbonyl (C=O) groups excluding carboxylic acids is 2. The predicted molar refractivity (Wildman–Crippen MR) is 78.1 cm³/mol. The molecule has 1 atom stereocenters. The van der Waals surface area contributed by atoms with Gasteiger partial charge in [0.05, 0.1) is 0 Å². The topological polar surface area (TPSA) is 66.6 Å². The third kappa shape index (κ3) is 5.37. The highest BCUT2D eigenvalue weighted by Crippen LogP contribution is 2.18. The molecule has 1 aliphatic heterocycles. The Morgan fingerprint density at radius 2 is 1.53 bits per heavy atom. The summed E-state index contributed by atoms with van der Waals surface area (Å²) in [4.78, 5) is 27.5. The molecule has 2 N–H and O–H groups in total. The zero-order valence-corrected chi connectivity index (χ0v) is 13.1. The first kappa shape index (κ1) is 18.2. The van der Waals surface area contributed by atoms with Crippen LogP contribution in [0.2, 0.25) is 0 Å². The Morgan fingerprint density at radius 1 is 1.11 bits per heavy atom. The Morgan fingerprint density at radius 3 is 1.89 bits per heavy atom. The van der Waals surface area contributed by atoms with E-state index in [4.69, 9.17) is 5.73 Å². The minimum absolute atomic E-state index is 0. The van der Waals surface area contributed by atoms with Crippen molar-refractivity contribution in [2.24, 2.45) is 11.1 Å². The summed E-state index contributed by atoms with van der Waals surface area (Å²) in [5.74, 6) is 0.245. The first-order valence-electron chi connectivity index (χ1n) is 6.54. The Kier molecular flexibility index (Phi) is 6.80. The van der Waals surface area contributed by atoms with Crippen LogP contribution in [0.25, 0.3) is 0 Å². The van der Waals surface area contributed by atoms with Crippen molar-refractivity contribution in [2.75, 3.05) is 26.2 Å². The van der Waals surface area contributed by atoms with Crippen LogP contribution < -0.4 is 5.73 Å². The number of nitrogens with two attached hydrogens (primary N) is 1. The smallest absolute Gasteiger partial charge is 0.228 e. The van der Waals surface area contributed by atoms with Crippen LogP contribution in [0.3, 0.4) is 0 Å². The number of nitrogens with zero attached hydrogens (tertiary/aromatic N) is 2. The van der Waals surface area contributed by atoms with Gasteiger partial charge < -0.3 is 15.5 Å². The molecule has 0 aromatic rings. The molecule has 1 rings (SSSR count). The van der Waals surface area contributed by atoms with E-state index >= 15 is 0 Å². The quantitative estimate of drug-likeness (QED) is 0.821. The molecule has 0 aliphatic carbocycles. The number of hydrogen-bond acceptors (Lipinski definition) is 3. The number of hydrogen-bond donors (Lipinski definition) is 1. The van der Waals surface area contributed by atoms with Crippen molar-refractivity contribution in [3.05, 3.63) is 0 Å². The lowest BCUT2D eigenvalue weighted by Gasteiger charge is -2.37. The summed E-state index contributed by atoms with van der Waals surface area (Å²) in [6, 6.07) is -0.105. The molecule has 0 radical (unpaired) electrons. The number of rotatable bonds is 2. The second-order valence-corrected chi connectivity index (χ2v) is 6.10. The lowest BCUT2D eigenvalue weighted by molar-refractivity contribution is -0.145. The fraction of sp³-hybridized carbons (Fsp3) is 0.846. The molecule has 1 unspecified atom stereocenters. The van der Waals surface area contributed by atoms with E-state index in [0.29, 0.717) is 32.6 Å². The SMILES string of the molecule is CC(N)CC(=O)N1CCN(C(=O)C(C)(C)C)CC1.Cl. The normalized spacial score (nSPS) is 17.7. The zero-order chi connectivity index (χ0) is 13.9. The van der Waals surface area contributed by atoms with Crippen LogP contribution in [0, 0.1) is 5.41 Å². The average Bonchev–Trinajstić information content (AvgIpc) is 2.26. The van der Waals surface area contributed by atoms with E-state index in [-0.39, 0.29) is 35.7 Å². The third-order valence-electron chi connectivity index (χ3n) is 3.06. The van der Waals surface area contributed by atoms with Crippen molar-refractivity contribution in [2.45, 2.75) is 40.2 Å². The Bertz CT molecular complexity index is 318. The molecular weight excluding hydrogens is 266 g/mol. The van der Waals surface area contributed by atoms with E-state index in [9.17, 15) is 9.59 Å². The standard InChI is InChI=1S/C13H25N3O2.ClH/c1-10(14)9-11(17)15-5-7-16(8-6-15)12(18)13(2,3)4;/h10H,5-9,14H2,1-4H3;1H. The lowest BCUT2D eigenvalue weighted by Crippen LogP contribution is -2.53. The second kappa shape index (κ2) is 7.10.